The molecule has 0 spiro atoms. The second kappa shape index (κ2) is 5.38. The van der Waals surface area contributed by atoms with E-state index in [-0.39, 0.29) is 18.4 Å². The number of thiophene rings is 1. The van der Waals surface area contributed by atoms with Crippen LogP contribution in [0.1, 0.15) is 12.8 Å². The molecule has 0 aliphatic carbocycles. The number of carbonyl (C=O) groups excluding carboxylic acids is 1. The number of carbonyl (C=O) groups is 1. The zero-order valence-corrected chi connectivity index (χ0v) is 11.7. The minimum absolute atomic E-state index is 0.215. The number of piperidine rings is 1. The standard InChI is InChI=1S/C11H15NO4S2/c1-16-11(13)9-4-2-6-12(8-9)18(14,15)10-5-3-7-17-10/h3,5,7,9H,2,4,6,8H2,1H3/t9-/m0/s1. The van der Waals surface area contributed by atoms with Crippen LogP contribution in [0.4, 0.5) is 0 Å². The maximum atomic E-state index is 12.3. The quantitative estimate of drug-likeness (QED) is 0.787. The molecule has 18 heavy (non-hydrogen) atoms. The second-order valence-corrected chi connectivity index (χ2v) is 7.27. The number of nitrogens with zero attached hydrogens (tertiary/aromatic N) is 1. The zero-order chi connectivity index (χ0) is 13.2. The van der Waals surface area contributed by atoms with Crippen molar-refractivity contribution in [3.63, 3.8) is 0 Å². The Bertz CT molecular complexity index is 509. The molecular formula is C11H15NO4S2. The van der Waals surface area contributed by atoms with Gasteiger partial charge in [-0.15, -0.1) is 11.3 Å². The minimum atomic E-state index is -3.45. The first-order valence-electron chi connectivity index (χ1n) is 5.67. The zero-order valence-electron chi connectivity index (χ0n) is 10.0. The fourth-order valence-electron chi connectivity index (χ4n) is 2.06. The summed E-state index contributed by atoms with van der Waals surface area (Å²) in [6.45, 7) is 0.681. The Morgan fingerprint density at radius 1 is 1.56 bits per heavy atom. The molecule has 7 heteroatoms. The van der Waals surface area contributed by atoms with Crippen molar-refractivity contribution in [1.82, 2.24) is 4.31 Å². The van der Waals surface area contributed by atoms with E-state index in [2.05, 4.69) is 4.74 Å². The van der Waals surface area contributed by atoms with Crippen molar-refractivity contribution in [2.24, 2.45) is 5.92 Å². The van der Waals surface area contributed by atoms with Gasteiger partial charge < -0.3 is 4.74 Å². The molecule has 2 heterocycles. The lowest BCUT2D eigenvalue weighted by Crippen LogP contribution is -2.42. The van der Waals surface area contributed by atoms with Crippen LogP contribution in [0, 0.1) is 5.92 Å². The van der Waals surface area contributed by atoms with Gasteiger partial charge in [-0.05, 0) is 24.3 Å². The molecule has 5 nitrogen and oxygen atoms in total. The third-order valence-electron chi connectivity index (χ3n) is 3.01. The molecule has 1 aromatic heterocycles. The van der Waals surface area contributed by atoms with Crippen LogP contribution in [0.25, 0.3) is 0 Å². The number of methoxy groups -OCH3 is 1. The Morgan fingerprint density at radius 3 is 2.94 bits per heavy atom. The number of sulfonamides is 1. The number of hydrogen-bond acceptors (Lipinski definition) is 5. The predicted molar refractivity (Wildman–Crippen MR) is 67.8 cm³/mol. The smallest absolute Gasteiger partial charge is 0.309 e. The highest BCUT2D eigenvalue weighted by Crippen LogP contribution is 2.26. The van der Waals surface area contributed by atoms with Crippen molar-refractivity contribution in [2.75, 3.05) is 20.2 Å². The van der Waals surface area contributed by atoms with Gasteiger partial charge in [-0.2, -0.15) is 4.31 Å². The molecule has 0 radical (unpaired) electrons. The number of ether oxygens (including phenoxy) is 1. The number of rotatable bonds is 3. The molecule has 100 valence electrons. The lowest BCUT2D eigenvalue weighted by atomic mass is 10.0. The molecule has 1 aliphatic heterocycles. The van der Waals surface area contributed by atoms with Crippen LogP contribution >= 0.6 is 11.3 Å². The monoisotopic (exact) mass is 289 g/mol. The second-order valence-electron chi connectivity index (χ2n) is 4.16. The van der Waals surface area contributed by atoms with Gasteiger partial charge in [0.05, 0.1) is 13.0 Å². The first kappa shape index (κ1) is 13.5. The van der Waals surface area contributed by atoms with Gasteiger partial charge in [-0.25, -0.2) is 8.42 Å². The van der Waals surface area contributed by atoms with Crippen LogP contribution in [0.15, 0.2) is 21.7 Å². The fourth-order valence-corrected chi connectivity index (χ4v) is 4.73. The first-order valence-corrected chi connectivity index (χ1v) is 7.99. The van der Waals surface area contributed by atoms with Gasteiger partial charge in [0, 0.05) is 13.1 Å². The van der Waals surface area contributed by atoms with E-state index in [1.807, 2.05) is 0 Å². The summed E-state index contributed by atoms with van der Waals surface area (Å²) < 4.78 is 31.0. The SMILES string of the molecule is COC(=O)[C@H]1CCCN(S(=O)(=O)c2cccs2)C1. The van der Waals surface area contributed by atoms with Gasteiger partial charge in [-0.3, -0.25) is 4.79 Å². The van der Waals surface area contributed by atoms with Crippen LogP contribution < -0.4 is 0 Å². The highest BCUT2D eigenvalue weighted by molar-refractivity contribution is 7.91. The molecule has 1 saturated heterocycles. The molecule has 0 N–H and O–H groups in total. The highest BCUT2D eigenvalue weighted by Gasteiger charge is 2.34. The van der Waals surface area contributed by atoms with Crippen molar-refractivity contribution < 1.29 is 17.9 Å². The minimum Gasteiger partial charge on any atom is -0.469 e. The van der Waals surface area contributed by atoms with Crippen LogP contribution in [-0.4, -0.2) is 38.9 Å². The van der Waals surface area contributed by atoms with E-state index in [0.717, 1.165) is 0 Å². The summed E-state index contributed by atoms with van der Waals surface area (Å²) in [6, 6.07) is 3.29. The van der Waals surface area contributed by atoms with Crippen LogP contribution in [0.3, 0.4) is 0 Å². The fraction of sp³-hybridized carbons (Fsp3) is 0.545. The van der Waals surface area contributed by atoms with E-state index in [1.165, 1.54) is 22.8 Å². The van der Waals surface area contributed by atoms with Crippen molar-refractivity contribution >= 4 is 27.3 Å². The van der Waals surface area contributed by atoms with E-state index in [1.54, 1.807) is 17.5 Å². The van der Waals surface area contributed by atoms with Gasteiger partial charge >= 0.3 is 5.97 Å². The lowest BCUT2D eigenvalue weighted by molar-refractivity contribution is -0.146. The van der Waals surface area contributed by atoms with E-state index in [0.29, 0.717) is 23.6 Å². The van der Waals surface area contributed by atoms with Crippen molar-refractivity contribution in [3.05, 3.63) is 17.5 Å². The van der Waals surface area contributed by atoms with Crippen molar-refractivity contribution in [2.45, 2.75) is 17.1 Å². The van der Waals surface area contributed by atoms with Crippen molar-refractivity contribution in [3.8, 4) is 0 Å². The van der Waals surface area contributed by atoms with E-state index in [4.69, 9.17) is 0 Å². The summed E-state index contributed by atoms with van der Waals surface area (Å²) in [5.41, 5.74) is 0. The van der Waals surface area contributed by atoms with Crippen LogP contribution in [0.5, 0.6) is 0 Å². The van der Waals surface area contributed by atoms with Crippen LogP contribution in [0.2, 0.25) is 0 Å². The maximum Gasteiger partial charge on any atom is 0.309 e. The summed E-state index contributed by atoms with van der Waals surface area (Å²) in [4.78, 5) is 11.5. The van der Waals surface area contributed by atoms with Gasteiger partial charge in [0.2, 0.25) is 0 Å². The topological polar surface area (TPSA) is 63.7 Å². The molecule has 0 unspecified atom stereocenters. The van der Waals surface area contributed by atoms with Crippen LogP contribution in [-0.2, 0) is 19.6 Å². The maximum absolute atomic E-state index is 12.3. The lowest BCUT2D eigenvalue weighted by Gasteiger charge is -2.29. The average molecular weight is 289 g/mol. The molecule has 1 aromatic rings. The summed E-state index contributed by atoms with van der Waals surface area (Å²) in [6.07, 6.45) is 1.37. The molecule has 2 rings (SSSR count). The average Bonchev–Trinajstić information content (AvgIpc) is 2.92. The van der Waals surface area contributed by atoms with Gasteiger partial charge in [0.1, 0.15) is 4.21 Å². The van der Waals surface area contributed by atoms with Gasteiger partial charge in [0.15, 0.2) is 0 Å². The largest absolute Gasteiger partial charge is 0.469 e. The molecule has 1 atom stereocenters. The van der Waals surface area contributed by atoms with E-state index in [9.17, 15) is 13.2 Å². The molecule has 0 saturated carbocycles. The highest BCUT2D eigenvalue weighted by atomic mass is 32.2. The van der Waals surface area contributed by atoms with Gasteiger partial charge in [-0.1, -0.05) is 6.07 Å². The number of hydrogen-bond donors (Lipinski definition) is 0. The molecule has 0 aromatic carbocycles. The van der Waals surface area contributed by atoms with Gasteiger partial charge in [0.25, 0.3) is 10.0 Å². The predicted octanol–water partition coefficient (Wildman–Crippen LogP) is 1.32. The first-order chi connectivity index (χ1) is 8.55. The number of esters is 1. The molecule has 0 amide bonds. The Balaban J connectivity index is 2.17. The third kappa shape index (κ3) is 2.57. The van der Waals surface area contributed by atoms with Crippen molar-refractivity contribution in [1.29, 1.82) is 0 Å². The Labute approximate surface area is 110 Å². The Hall–Kier alpha value is -0.920. The molecule has 1 aliphatic rings. The summed E-state index contributed by atoms with van der Waals surface area (Å²) in [5, 5.41) is 1.73. The van der Waals surface area contributed by atoms with E-state index < -0.39 is 10.0 Å². The Kier molecular flexibility index (Phi) is 4.04. The third-order valence-corrected chi connectivity index (χ3v) is 6.25. The Morgan fingerprint density at radius 2 is 2.33 bits per heavy atom. The molecule has 0 bridgehead atoms. The summed E-state index contributed by atoms with van der Waals surface area (Å²) >= 11 is 1.19. The molecule has 1 fully saturated rings. The summed E-state index contributed by atoms with van der Waals surface area (Å²) in [5.74, 6) is -0.681. The molecular weight excluding hydrogens is 274 g/mol. The normalized spacial score (nSPS) is 21.7. The summed E-state index contributed by atoms with van der Waals surface area (Å²) in [7, 11) is -2.12. The van der Waals surface area contributed by atoms with E-state index >= 15 is 0 Å².